The van der Waals surface area contributed by atoms with Gasteiger partial charge in [0.25, 0.3) is 0 Å². The molecule has 2 heterocycles. The number of benzene rings is 1. The first-order valence-electron chi connectivity index (χ1n) is 6.88. The molecule has 0 aliphatic rings. The maximum atomic E-state index is 12.9. The number of hydrogen-bond donors (Lipinski definition) is 1. The van der Waals surface area contributed by atoms with Gasteiger partial charge in [0.15, 0.2) is 0 Å². The van der Waals surface area contributed by atoms with Gasteiger partial charge in [-0.15, -0.1) is 10.2 Å². The van der Waals surface area contributed by atoms with Crippen molar-refractivity contribution in [1.29, 1.82) is 0 Å². The highest BCUT2D eigenvalue weighted by molar-refractivity contribution is 5.59. The van der Waals surface area contributed by atoms with E-state index >= 15 is 0 Å². The van der Waals surface area contributed by atoms with E-state index in [0.717, 1.165) is 17.0 Å². The van der Waals surface area contributed by atoms with Gasteiger partial charge in [0.1, 0.15) is 17.4 Å². The van der Waals surface area contributed by atoms with Crippen LogP contribution in [0.2, 0.25) is 0 Å². The Morgan fingerprint density at radius 2 is 1.82 bits per heavy atom. The summed E-state index contributed by atoms with van der Waals surface area (Å²) in [5.41, 5.74) is 2.39. The van der Waals surface area contributed by atoms with E-state index < -0.39 is 0 Å². The van der Waals surface area contributed by atoms with Gasteiger partial charge >= 0.3 is 0 Å². The Hall–Kier alpha value is -2.76. The predicted molar refractivity (Wildman–Crippen MR) is 80.7 cm³/mol. The highest BCUT2D eigenvalue weighted by Crippen LogP contribution is 2.17. The molecule has 6 heteroatoms. The largest absolute Gasteiger partial charge is 0.444 e. The molecule has 112 valence electrons. The molecule has 0 amide bonds. The Bertz CT molecular complexity index is 746. The fourth-order valence-corrected chi connectivity index (χ4v) is 1.98. The predicted octanol–water partition coefficient (Wildman–Crippen LogP) is 3.50. The minimum Gasteiger partial charge on any atom is -0.444 e. The van der Waals surface area contributed by atoms with Gasteiger partial charge in [-0.1, -0.05) is 0 Å². The Balaban J connectivity index is 1.67. The van der Waals surface area contributed by atoms with Gasteiger partial charge in [-0.05, 0) is 50.2 Å². The number of halogens is 1. The molecule has 0 aliphatic heterocycles. The average molecular weight is 298 g/mol. The van der Waals surface area contributed by atoms with Gasteiger partial charge in [-0.25, -0.2) is 9.37 Å². The van der Waals surface area contributed by atoms with Crippen LogP contribution in [0.5, 0.6) is 0 Å². The second-order valence-electron chi connectivity index (χ2n) is 4.91. The van der Waals surface area contributed by atoms with E-state index in [1.165, 1.54) is 12.1 Å². The van der Waals surface area contributed by atoms with E-state index in [0.29, 0.717) is 23.9 Å². The van der Waals surface area contributed by atoms with E-state index in [-0.39, 0.29) is 5.82 Å². The maximum absolute atomic E-state index is 12.9. The number of aromatic nitrogens is 3. The molecule has 3 aromatic rings. The van der Waals surface area contributed by atoms with Crippen LogP contribution in [-0.4, -0.2) is 15.2 Å². The lowest BCUT2D eigenvalue weighted by molar-refractivity contribution is 0.478. The standard InChI is InChI=1S/C16H15FN4O/c1-10-11(2)22-16(19-10)9-18-15-8-7-14(20-21-15)12-3-5-13(17)6-4-12/h3-8H,9H2,1-2H3,(H,18,21). The summed E-state index contributed by atoms with van der Waals surface area (Å²) >= 11 is 0. The Morgan fingerprint density at radius 1 is 1.05 bits per heavy atom. The molecule has 0 saturated heterocycles. The van der Waals surface area contributed by atoms with Crippen LogP contribution in [-0.2, 0) is 6.54 Å². The minimum atomic E-state index is -0.272. The summed E-state index contributed by atoms with van der Waals surface area (Å²) in [4.78, 5) is 4.29. The molecular formula is C16H15FN4O. The van der Waals surface area contributed by atoms with E-state index in [9.17, 15) is 4.39 Å². The summed E-state index contributed by atoms with van der Waals surface area (Å²) in [5, 5.41) is 11.3. The molecule has 1 aromatic carbocycles. The van der Waals surface area contributed by atoms with E-state index in [1.54, 1.807) is 12.1 Å². The number of rotatable bonds is 4. The third kappa shape index (κ3) is 3.11. The first-order valence-corrected chi connectivity index (χ1v) is 6.88. The highest BCUT2D eigenvalue weighted by atomic mass is 19.1. The Kier molecular flexibility index (Phi) is 3.82. The van der Waals surface area contributed by atoms with Crippen molar-refractivity contribution in [2.45, 2.75) is 20.4 Å². The van der Waals surface area contributed by atoms with Gasteiger partial charge < -0.3 is 9.73 Å². The van der Waals surface area contributed by atoms with Crippen molar-refractivity contribution in [3.63, 3.8) is 0 Å². The molecule has 0 aliphatic carbocycles. The molecular weight excluding hydrogens is 283 g/mol. The van der Waals surface area contributed by atoms with Crippen LogP contribution < -0.4 is 5.32 Å². The number of hydrogen-bond acceptors (Lipinski definition) is 5. The van der Waals surface area contributed by atoms with E-state index in [2.05, 4.69) is 20.5 Å². The Morgan fingerprint density at radius 3 is 2.41 bits per heavy atom. The van der Waals surface area contributed by atoms with E-state index in [1.807, 2.05) is 26.0 Å². The van der Waals surface area contributed by atoms with Crippen molar-refractivity contribution in [3.05, 3.63) is 59.6 Å². The van der Waals surface area contributed by atoms with Crippen molar-refractivity contribution >= 4 is 5.82 Å². The second kappa shape index (κ2) is 5.93. The minimum absolute atomic E-state index is 0.272. The monoisotopic (exact) mass is 298 g/mol. The lowest BCUT2D eigenvalue weighted by Crippen LogP contribution is -2.03. The molecule has 0 saturated carbocycles. The number of oxazole rings is 1. The van der Waals surface area contributed by atoms with Crippen LogP contribution in [0.25, 0.3) is 11.3 Å². The van der Waals surface area contributed by atoms with Crippen LogP contribution in [0.15, 0.2) is 40.8 Å². The molecule has 0 unspecified atom stereocenters. The van der Waals surface area contributed by atoms with Crippen molar-refractivity contribution in [1.82, 2.24) is 15.2 Å². The maximum Gasteiger partial charge on any atom is 0.213 e. The zero-order chi connectivity index (χ0) is 15.5. The van der Waals surface area contributed by atoms with Crippen LogP contribution in [0.1, 0.15) is 17.3 Å². The van der Waals surface area contributed by atoms with Crippen LogP contribution in [0.3, 0.4) is 0 Å². The summed E-state index contributed by atoms with van der Waals surface area (Å²) in [6.07, 6.45) is 0. The fourth-order valence-electron chi connectivity index (χ4n) is 1.98. The lowest BCUT2D eigenvalue weighted by Gasteiger charge is -2.04. The average Bonchev–Trinajstić information content (AvgIpc) is 2.85. The van der Waals surface area contributed by atoms with E-state index in [4.69, 9.17) is 4.42 Å². The van der Waals surface area contributed by atoms with Crippen molar-refractivity contribution in [2.75, 3.05) is 5.32 Å². The zero-order valence-electron chi connectivity index (χ0n) is 12.3. The SMILES string of the molecule is Cc1nc(CNc2ccc(-c3ccc(F)cc3)nn2)oc1C. The van der Waals surface area contributed by atoms with Crippen LogP contribution in [0.4, 0.5) is 10.2 Å². The zero-order valence-corrected chi connectivity index (χ0v) is 12.3. The number of aryl methyl sites for hydroxylation is 2. The van der Waals surface area contributed by atoms with Gasteiger partial charge in [-0.3, -0.25) is 0 Å². The van der Waals surface area contributed by atoms with Crippen molar-refractivity contribution in [3.8, 4) is 11.3 Å². The summed E-state index contributed by atoms with van der Waals surface area (Å²) in [6, 6.07) is 9.78. The summed E-state index contributed by atoms with van der Waals surface area (Å²) in [7, 11) is 0. The molecule has 3 rings (SSSR count). The quantitative estimate of drug-likeness (QED) is 0.798. The second-order valence-corrected chi connectivity index (χ2v) is 4.91. The smallest absolute Gasteiger partial charge is 0.213 e. The molecule has 2 aromatic heterocycles. The first-order chi connectivity index (χ1) is 10.6. The summed E-state index contributed by atoms with van der Waals surface area (Å²) in [6.45, 7) is 4.22. The molecule has 0 atom stereocenters. The number of anilines is 1. The molecule has 5 nitrogen and oxygen atoms in total. The summed E-state index contributed by atoms with van der Waals surface area (Å²) in [5.74, 6) is 1.78. The topological polar surface area (TPSA) is 63.8 Å². The third-order valence-electron chi connectivity index (χ3n) is 3.30. The molecule has 0 radical (unpaired) electrons. The van der Waals surface area contributed by atoms with Crippen molar-refractivity contribution < 1.29 is 8.81 Å². The molecule has 0 fully saturated rings. The fraction of sp³-hybridized carbons (Fsp3) is 0.188. The molecule has 0 bridgehead atoms. The van der Waals surface area contributed by atoms with Gasteiger partial charge in [0.05, 0.1) is 17.9 Å². The first kappa shape index (κ1) is 14.2. The third-order valence-corrected chi connectivity index (χ3v) is 3.30. The molecule has 22 heavy (non-hydrogen) atoms. The van der Waals surface area contributed by atoms with Gasteiger partial charge in [0, 0.05) is 5.56 Å². The highest BCUT2D eigenvalue weighted by Gasteiger charge is 2.06. The number of nitrogens with zero attached hydrogens (tertiary/aromatic N) is 3. The summed E-state index contributed by atoms with van der Waals surface area (Å²) < 4.78 is 18.4. The van der Waals surface area contributed by atoms with Crippen molar-refractivity contribution in [2.24, 2.45) is 0 Å². The van der Waals surface area contributed by atoms with Gasteiger partial charge in [-0.2, -0.15) is 0 Å². The molecule has 1 N–H and O–H groups in total. The normalized spacial score (nSPS) is 10.7. The molecule has 0 spiro atoms. The Labute approximate surface area is 127 Å². The van der Waals surface area contributed by atoms with Crippen LogP contribution in [0, 0.1) is 19.7 Å². The number of nitrogens with one attached hydrogen (secondary N) is 1. The van der Waals surface area contributed by atoms with Crippen LogP contribution >= 0.6 is 0 Å². The lowest BCUT2D eigenvalue weighted by atomic mass is 10.1. The van der Waals surface area contributed by atoms with Gasteiger partial charge in [0.2, 0.25) is 5.89 Å².